The van der Waals surface area contributed by atoms with Gasteiger partial charge >= 0.3 is 156 Å². The van der Waals surface area contributed by atoms with Crippen LogP contribution in [0.2, 0.25) is 19.6 Å². The first-order valence-electron chi connectivity index (χ1n) is 8.22. The van der Waals surface area contributed by atoms with E-state index in [1.54, 1.807) is 7.67 Å². The zero-order chi connectivity index (χ0) is 15.7. The first-order valence-corrected chi connectivity index (χ1v) is 14.5. The number of rotatable bonds is 2. The van der Waals surface area contributed by atoms with Crippen molar-refractivity contribution in [3.05, 3.63) is 38.6 Å². The summed E-state index contributed by atoms with van der Waals surface area (Å²) in [5, 5.41) is 0. The van der Waals surface area contributed by atoms with Crippen LogP contribution in [0, 0.1) is 0 Å². The molecule has 1 fully saturated rings. The first kappa shape index (κ1) is 16.9. The molecule has 1 aliphatic carbocycles. The van der Waals surface area contributed by atoms with Crippen molar-refractivity contribution in [3.8, 4) is 0 Å². The molecule has 1 aromatic rings. The van der Waals surface area contributed by atoms with Crippen LogP contribution in [0.3, 0.4) is 0 Å². The van der Waals surface area contributed by atoms with E-state index in [9.17, 15) is 0 Å². The Balaban J connectivity index is 2.01. The zero-order valence-electron chi connectivity index (χ0n) is 13.7. The van der Waals surface area contributed by atoms with Crippen molar-refractivity contribution in [1.29, 1.82) is 0 Å². The van der Waals surface area contributed by atoms with Gasteiger partial charge in [-0.05, 0) is 0 Å². The maximum atomic E-state index is 5.21. The van der Waals surface area contributed by atoms with Crippen LogP contribution in [0.1, 0.15) is 43.2 Å². The van der Waals surface area contributed by atoms with Crippen LogP contribution in [-0.4, -0.2) is 33.7 Å². The van der Waals surface area contributed by atoms with Crippen LogP contribution in [-0.2, 0) is 0 Å². The van der Waals surface area contributed by atoms with Crippen molar-refractivity contribution in [2.45, 2.75) is 57.8 Å². The van der Waals surface area contributed by atoms with Gasteiger partial charge in [0, 0.05) is 0 Å². The molecule has 4 heteroatoms. The van der Waals surface area contributed by atoms with E-state index < -0.39 is 8.07 Å². The van der Waals surface area contributed by atoms with E-state index >= 15 is 0 Å². The summed E-state index contributed by atoms with van der Waals surface area (Å²) < 4.78 is 4.68. The van der Waals surface area contributed by atoms with E-state index in [2.05, 4.69) is 66.5 Å². The molecule has 2 aliphatic rings. The van der Waals surface area contributed by atoms with Gasteiger partial charge in [0.2, 0.25) is 0 Å². The summed E-state index contributed by atoms with van der Waals surface area (Å²) in [5.41, 5.74) is 2.90. The average Bonchev–Trinajstić information content (AvgIpc) is 2.85. The summed E-state index contributed by atoms with van der Waals surface area (Å²) in [5.74, 6) is 0. The van der Waals surface area contributed by atoms with Gasteiger partial charge in [0.25, 0.3) is 0 Å². The fourth-order valence-electron chi connectivity index (χ4n) is 3.05. The summed E-state index contributed by atoms with van der Waals surface area (Å²) in [4.78, 5) is 5.21. The molecule has 0 aromatic heterocycles. The van der Waals surface area contributed by atoms with Gasteiger partial charge in [-0.15, -0.1) is 0 Å². The van der Waals surface area contributed by atoms with E-state index in [1.165, 1.54) is 47.8 Å². The van der Waals surface area contributed by atoms with Gasteiger partial charge < -0.3 is 0 Å². The van der Waals surface area contributed by atoms with Crippen LogP contribution >= 0.6 is 22.6 Å². The first-order chi connectivity index (χ1) is 10.5. The molecular formula is C18H24INSeSi. The molecule has 0 spiro atoms. The van der Waals surface area contributed by atoms with Gasteiger partial charge in [0.15, 0.2) is 0 Å². The topological polar surface area (TPSA) is 12.4 Å². The van der Waals surface area contributed by atoms with E-state index in [-0.39, 0.29) is 0 Å². The molecule has 0 radical (unpaired) electrons. The van der Waals surface area contributed by atoms with Crippen LogP contribution in [0.4, 0.5) is 0 Å². The number of halogens is 1. The molecule has 0 unspecified atom stereocenters. The number of hydrogen-bond donors (Lipinski definition) is 0. The van der Waals surface area contributed by atoms with Gasteiger partial charge in [0.05, 0.1) is 0 Å². The maximum absolute atomic E-state index is 5.21. The fourth-order valence-corrected chi connectivity index (χ4v) is 9.15. The van der Waals surface area contributed by atoms with E-state index in [1.807, 2.05) is 0 Å². The second kappa shape index (κ2) is 6.92. The molecule has 1 aromatic carbocycles. The number of benzene rings is 1. The van der Waals surface area contributed by atoms with Gasteiger partial charge in [-0.2, -0.15) is 0 Å². The molecule has 0 bridgehead atoms. The molecule has 0 amide bonds. The third-order valence-electron chi connectivity index (χ3n) is 4.33. The molecule has 1 nitrogen and oxygen atoms in total. The Morgan fingerprint density at radius 1 is 1.09 bits per heavy atom. The predicted molar refractivity (Wildman–Crippen MR) is 110 cm³/mol. The van der Waals surface area contributed by atoms with Gasteiger partial charge in [0.1, 0.15) is 0 Å². The van der Waals surface area contributed by atoms with E-state index in [0.717, 1.165) is 0 Å². The predicted octanol–water partition coefficient (Wildman–Crippen LogP) is 5.46. The average molecular weight is 488 g/mol. The van der Waals surface area contributed by atoms with E-state index in [0.29, 0.717) is 21.0 Å². The SMILES string of the molecule is C[Si](C)(C)/C(I)=C1/[Se]C(=NC2CCCCC2)c2ccccc21. The molecule has 22 heavy (non-hydrogen) atoms. The Morgan fingerprint density at radius 3 is 2.36 bits per heavy atom. The molecule has 118 valence electrons. The Bertz CT molecular complexity index is 624. The van der Waals surface area contributed by atoms with E-state index in [4.69, 9.17) is 4.99 Å². The number of hydrogen-bond acceptors (Lipinski definition) is 1. The Kier molecular flexibility index (Phi) is 5.33. The minimum absolute atomic E-state index is 0.401. The molecule has 1 saturated carbocycles. The second-order valence-electron chi connectivity index (χ2n) is 7.27. The number of aliphatic imine (C=N–C) groups is 1. The molecule has 0 saturated heterocycles. The minimum atomic E-state index is -1.25. The molecule has 1 heterocycles. The third-order valence-corrected chi connectivity index (χ3v) is 14.9. The summed E-state index contributed by atoms with van der Waals surface area (Å²) >= 11 is 3.03. The van der Waals surface area contributed by atoms with Crippen molar-refractivity contribution >= 4 is 54.7 Å². The second-order valence-corrected chi connectivity index (χ2v) is 16.5. The molecule has 0 N–H and O–H groups in total. The molecule has 0 atom stereocenters. The standard InChI is InChI=1S/C18H24INSeSi/c1-22(2,3)17(19)16-14-11-7-8-12-15(14)18(21-16)20-13-9-5-4-6-10-13/h7-8,11-13H,4-6,9-10H2,1-3H3/b17-16+,20-18?. The van der Waals surface area contributed by atoms with Crippen LogP contribution in [0.5, 0.6) is 0 Å². The van der Waals surface area contributed by atoms with Crippen molar-refractivity contribution in [2.75, 3.05) is 0 Å². The molecule has 3 rings (SSSR count). The molecular weight excluding hydrogens is 464 g/mol. The summed E-state index contributed by atoms with van der Waals surface area (Å²) in [6, 6.07) is 9.55. The Morgan fingerprint density at radius 2 is 1.73 bits per heavy atom. The summed E-state index contributed by atoms with van der Waals surface area (Å²) in [6.07, 6.45) is 6.73. The van der Waals surface area contributed by atoms with Crippen molar-refractivity contribution in [2.24, 2.45) is 4.99 Å². The number of nitrogens with zero attached hydrogens (tertiary/aromatic N) is 1. The van der Waals surface area contributed by atoms with Crippen molar-refractivity contribution in [3.63, 3.8) is 0 Å². The van der Waals surface area contributed by atoms with Gasteiger partial charge in [-0.1, -0.05) is 0 Å². The normalized spacial score (nSPS) is 23.7. The monoisotopic (exact) mass is 489 g/mol. The molecule has 1 aliphatic heterocycles. The summed E-state index contributed by atoms with van der Waals surface area (Å²) in [6.45, 7) is 7.37. The number of fused-ring (bicyclic) bond motifs is 1. The quantitative estimate of drug-likeness (QED) is 0.387. The van der Waals surface area contributed by atoms with Gasteiger partial charge in [-0.25, -0.2) is 0 Å². The van der Waals surface area contributed by atoms with Crippen molar-refractivity contribution in [1.82, 2.24) is 0 Å². The van der Waals surface area contributed by atoms with Crippen LogP contribution in [0.25, 0.3) is 4.47 Å². The van der Waals surface area contributed by atoms with Crippen LogP contribution in [0.15, 0.2) is 32.5 Å². The fraction of sp³-hybridized carbons (Fsp3) is 0.500. The Hall–Kier alpha value is 0.0964. The van der Waals surface area contributed by atoms with Crippen molar-refractivity contribution < 1.29 is 0 Å². The summed E-state index contributed by atoms with van der Waals surface area (Å²) in [7, 11) is -1.25. The third kappa shape index (κ3) is 3.60. The Labute approximate surface area is 155 Å². The zero-order valence-corrected chi connectivity index (χ0v) is 18.5. The van der Waals surface area contributed by atoms with Gasteiger partial charge in [-0.3, -0.25) is 0 Å². The van der Waals surface area contributed by atoms with Crippen LogP contribution < -0.4 is 0 Å².